The average Bonchev–Trinajstić information content (AvgIpc) is 3.20. The summed E-state index contributed by atoms with van der Waals surface area (Å²) in [4.78, 5) is 7.10. The van der Waals surface area contributed by atoms with E-state index in [1.807, 2.05) is 12.1 Å². The maximum Gasteiger partial charge on any atom is 0.193 e. The lowest BCUT2D eigenvalue weighted by Crippen LogP contribution is -2.42. The predicted octanol–water partition coefficient (Wildman–Crippen LogP) is 2.79. The highest BCUT2D eigenvalue weighted by atomic mass is 19.1. The second-order valence-corrected chi connectivity index (χ2v) is 7.07. The van der Waals surface area contributed by atoms with Crippen LogP contribution in [0, 0.1) is 11.7 Å². The van der Waals surface area contributed by atoms with E-state index in [9.17, 15) is 4.39 Å². The van der Waals surface area contributed by atoms with Gasteiger partial charge in [0.1, 0.15) is 5.82 Å². The second kappa shape index (κ2) is 7.51. The van der Waals surface area contributed by atoms with Gasteiger partial charge in [0.25, 0.3) is 0 Å². The van der Waals surface area contributed by atoms with E-state index in [0.717, 1.165) is 58.1 Å². The van der Waals surface area contributed by atoms with E-state index >= 15 is 0 Å². The van der Waals surface area contributed by atoms with E-state index in [2.05, 4.69) is 24.2 Å². The van der Waals surface area contributed by atoms with E-state index in [1.165, 1.54) is 5.56 Å². The van der Waals surface area contributed by atoms with Crippen LogP contribution in [0.4, 0.5) is 4.39 Å². The minimum atomic E-state index is -0.176. The summed E-state index contributed by atoms with van der Waals surface area (Å²) in [5.41, 5.74) is 1.31. The van der Waals surface area contributed by atoms with Crippen LogP contribution in [0.2, 0.25) is 0 Å². The third kappa shape index (κ3) is 4.07. The summed E-state index contributed by atoms with van der Waals surface area (Å²) in [7, 11) is 2.09. The van der Waals surface area contributed by atoms with Crippen LogP contribution in [0.25, 0.3) is 0 Å². The molecule has 3 rings (SSSR count). The molecule has 0 aromatic heterocycles. The minimum Gasteiger partial charge on any atom is -0.381 e. The first kappa shape index (κ1) is 17.2. The Balaban J connectivity index is 1.65. The van der Waals surface area contributed by atoms with Gasteiger partial charge < -0.3 is 15.0 Å². The van der Waals surface area contributed by atoms with Crippen LogP contribution in [0.15, 0.2) is 29.3 Å². The van der Waals surface area contributed by atoms with E-state index < -0.39 is 0 Å². The number of nitrogens with one attached hydrogen (secondary N) is 1. The van der Waals surface area contributed by atoms with E-state index in [0.29, 0.717) is 5.92 Å². The van der Waals surface area contributed by atoms with Gasteiger partial charge in [-0.25, -0.2) is 4.39 Å². The minimum absolute atomic E-state index is 0.103. The molecular formula is C19H28FN3O. The molecule has 1 atom stereocenters. The molecule has 132 valence electrons. The van der Waals surface area contributed by atoms with Crippen molar-refractivity contribution in [1.82, 2.24) is 10.2 Å². The second-order valence-electron chi connectivity index (χ2n) is 7.07. The van der Waals surface area contributed by atoms with Crippen molar-refractivity contribution in [3.05, 3.63) is 35.6 Å². The quantitative estimate of drug-likeness (QED) is 0.642. The van der Waals surface area contributed by atoms with Crippen molar-refractivity contribution in [1.29, 1.82) is 0 Å². The molecule has 0 bridgehead atoms. The van der Waals surface area contributed by atoms with Gasteiger partial charge in [-0.3, -0.25) is 4.99 Å². The SMILES string of the molecule is CCNC(=NCC1(c2ccc(F)cc2)CC1)N(C)CC1CCOC1. The molecule has 1 N–H and O–H groups in total. The highest BCUT2D eigenvalue weighted by Crippen LogP contribution is 2.48. The van der Waals surface area contributed by atoms with E-state index in [-0.39, 0.29) is 11.2 Å². The molecule has 4 nitrogen and oxygen atoms in total. The largest absolute Gasteiger partial charge is 0.381 e. The Bertz CT molecular complexity index is 562. The highest BCUT2D eigenvalue weighted by molar-refractivity contribution is 5.79. The molecule has 1 saturated heterocycles. The van der Waals surface area contributed by atoms with Gasteiger partial charge in [-0.1, -0.05) is 12.1 Å². The lowest BCUT2D eigenvalue weighted by atomic mass is 9.96. The number of nitrogens with zero attached hydrogens (tertiary/aromatic N) is 2. The molecular weight excluding hydrogens is 305 g/mol. The first-order valence-corrected chi connectivity index (χ1v) is 8.96. The molecule has 1 saturated carbocycles. The van der Waals surface area contributed by atoms with Gasteiger partial charge >= 0.3 is 0 Å². The molecule has 1 aromatic carbocycles. The fourth-order valence-electron chi connectivity index (χ4n) is 3.39. The molecule has 0 radical (unpaired) electrons. The van der Waals surface area contributed by atoms with Crippen molar-refractivity contribution in [3.8, 4) is 0 Å². The first-order valence-electron chi connectivity index (χ1n) is 8.96. The Morgan fingerprint density at radius 3 is 2.71 bits per heavy atom. The van der Waals surface area contributed by atoms with Gasteiger partial charge in [0.15, 0.2) is 5.96 Å². The van der Waals surface area contributed by atoms with Gasteiger partial charge in [-0.2, -0.15) is 0 Å². The summed E-state index contributed by atoms with van der Waals surface area (Å²) < 4.78 is 18.6. The molecule has 5 heteroatoms. The maximum atomic E-state index is 13.2. The van der Waals surface area contributed by atoms with E-state index in [1.54, 1.807) is 12.1 Å². The zero-order valence-corrected chi connectivity index (χ0v) is 14.7. The van der Waals surface area contributed by atoms with Crippen LogP contribution in [0.3, 0.4) is 0 Å². The zero-order valence-electron chi connectivity index (χ0n) is 14.7. The van der Waals surface area contributed by atoms with Gasteiger partial charge in [0.2, 0.25) is 0 Å². The summed E-state index contributed by atoms with van der Waals surface area (Å²) in [6.07, 6.45) is 3.38. The number of aliphatic imine (C=N–C) groups is 1. The molecule has 24 heavy (non-hydrogen) atoms. The molecule has 1 aromatic rings. The van der Waals surface area contributed by atoms with E-state index in [4.69, 9.17) is 9.73 Å². The van der Waals surface area contributed by atoms with Crippen molar-refractivity contribution < 1.29 is 9.13 Å². The topological polar surface area (TPSA) is 36.9 Å². The number of halogens is 1. The van der Waals surface area contributed by atoms with Gasteiger partial charge in [0, 0.05) is 38.1 Å². The van der Waals surface area contributed by atoms with Crippen LogP contribution in [0.5, 0.6) is 0 Å². The van der Waals surface area contributed by atoms with Gasteiger partial charge in [0.05, 0.1) is 13.2 Å². The maximum absolute atomic E-state index is 13.2. The molecule has 0 amide bonds. The van der Waals surface area contributed by atoms with Crippen LogP contribution in [-0.4, -0.2) is 50.8 Å². The van der Waals surface area contributed by atoms with Crippen LogP contribution in [-0.2, 0) is 10.2 Å². The monoisotopic (exact) mass is 333 g/mol. The van der Waals surface area contributed by atoms with Crippen LogP contribution < -0.4 is 5.32 Å². The Hall–Kier alpha value is -1.62. The fourth-order valence-corrected chi connectivity index (χ4v) is 3.39. The first-order chi connectivity index (χ1) is 11.6. The highest BCUT2D eigenvalue weighted by Gasteiger charge is 2.44. The number of ether oxygens (including phenoxy) is 1. The Morgan fingerprint density at radius 1 is 1.38 bits per heavy atom. The van der Waals surface area contributed by atoms with Crippen LogP contribution in [0.1, 0.15) is 31.7 Å². The van der Waals surface area contributed by atoms with Crippen molar-refractivity contribution in [2.24, 2.45) is 10.9 Å². The van der Waals surface area contributed by atoms with Crippen LogP contribution >= 0.6 is 0 Å². The molecule has 1 aliphatic carbocycles. The number of guanidine groups is 1. The normalized spacial score (nSPS) is 22.5. The number of benzene rings is 1. The third-order valence-corrected chi connectivity index (χ3v) is 5.09. The third-order valence-electron chi connectivity index (χ3n) is 5.09. The lowest BCUT2D eigenvalue weighted by molar-refractivity contribution is 0.181. The smallest absolute Gasteiger partial charge is 0.193 e. The molecule has 2 aliphatic rings. The van der Waals surface area contributed by atoms with Crippen molar-refractivity contribution in [2.75, 3.05) is 39.9 Å². The summed E-state index contributed by atoms with van der Waals surface area (Å²) in [5, 5.41) is 3.39. The van der Waals surface area contributed by atoms with Crippen molar-refractivity contribution >= 4 is 5.96 Å². The Kier molecular flexibility index (Phi) is 5.39. The number of rotatable bonds is 6. The van der Waals surface area contributed by atoms with Gasteiger partial charge in [-0.05, 0) is 43.9 Å². The van der Waals surface area contributed by atoms with Crippen molar-refractivity contribution in [3.63, 3.8) is 0 Å². The number of hydrogen-bond donors (Lipinski definition) is 1. The fraction of sp³-hybridized carbons (Fsp3) is 0.632. The molecule has 1 unspecified atom stereocenters. The summed E-state index contributed by atoms with van der Waals surface area (Å²) in [5.74, 6) is 1.37. The molecule has 1 heterocycles. The number of hydrogen-bond acceptors (Lipinski definition) is 2. The Morgan fingerprint density at radius 2 is 2.12 bits per heavy atom. The summed E-state index contributed by atoms with van der Waals surface area (Å²) in [6, 6.07) is 6.92. The van der Waals surface area contributed by atoms with Gasteiger partial charge in [-0.15, -0.1) is 0 Å². The standard InChI is InChI=1S/C19H28FN3O/c1-3-21-18(23(2)12-15-8-11-24-13-15)22-14-19(9-10-19)16-4-6-17(20)7-5-16/h4-7,15H,3,8-14H2,1-2H3,(H,21,22). The zero-order chi connectivity index (χ0) is 17.0. The summed E-state index contributed by atoms with van der Waals surface area (Å²) in [6.45, 7) is 6.40. The van der Waals surface area contributed by atoms with Crippen molar-refractivity contribution in [2.45, 2.75) is 31.6 Å². The molecule has 1 aliphatic heterocycles. The molecule has 0 spiro atoms. The lowest BCUT2D eigenvalue weighted by Gasteiger charge is -2.25. The average molecular weight is 333 g/mol. The summed E-state index contributed by atoms with van der Waals surface area (Å²) >= 11 is 0. The predicted molar refractivity (Wildman–Crippen MR) is 94.8 cm³/mol. The molecule has 2 fully saturated rings. The Labute approximate surface area is 144 Å².